The Morgan fingerprint density at radius 1 is 1.58 bits per heavy atom. The molecule has 3 atom stereocenters. The van der Waals surface area contributed by atoms with Crippen molar-refractivity contribution in [3.63, 3.8) is 0 Å². The van der Waals surface area contributed by atoms with Gasteiger partial charge in [-0.05, 0) is 19.4 Å². The van der Waals surface area contributed by atoms with E-state index in [9.17, 15) is 8.42 Å². The average Bonchev–Trinajstić information content (AvgIpc) is 2.46. The van der Waals surface area contributed by atoms with Crippen molar-refractivity contribution < 1.29 is 13.2 Å². The molecule has 1 saturated heterocycles. The highest BCUT2D eigenvalue weighted by Gasteiger charge is 2.28. The molecule has 0 radical (unpaired) electrons. The normalized spacial score (nSPS) is 31.3. The Bertz CT molecular complexity index is 459. The van der Waals surface area contributed by atoms with Crippen LogP contribution in [0.3, 0.4) is 0 Å². The number of likely N-dealkylation sites (N-methyl/N-ethyl adjacent to an activating group) is 1. The Morgan fingerprint density at radius 2 is 2.21 bits per heavy atom. The lowest BCUT2D eigenvalue weighted by Crippen LogP contribution is -2.30. The summed E-state index contributed by atoms with van der Waals surface area (Å²) in [5.74, 6) is 0.629. The van der Waals surface area contributed by atoms with E-state index in [0.29, 0.717) is 23.9 Å². The van der Waals surface area contributed by atoms with Gasteiger partial charge >= 0.3 is 0 Å². The van der Waals surface area contributed by atoms with Crippen LogP contribution in [0.2, 0.25) is 0 Å². The Balaban J connectivity index is 3.09. The topological polar surface area (TPSA) is 105 Å². The summed E-state index contributed by atoms with van der Waals surface area (Å²) in [5.41, 5.74) is 0.346. The van der Waals surface area contributed by atoms with E-state index >= 15 is 0 Å². The first-order chi connectivity index (χ1) is 8.78. The molecule has 6 nitrogen and oxygen atoms in total. The summed E-state index contributed by atoms with van der Waals surface area (Å²) in [5, 5.41) is 15.6. The second kappa shape index (κ2) is 6.49. The molecule has 1 aliphatic heterocycles. The number of rotatable bonds is 4. The van der Waals surface area contributed by atoms with Crippen molar-refractivity contribution in [3.8, 4) is 0 Å². The zero-order valence-corrected chi connectivity index (χ0v) is 12.5. The SMILES string of the molecule is CN[C@@H]1CO/C(=C(/C=N)CS(N)(=O)=O)C(C)C(C)C1. The molecule has 0 aromatic rings. The Labute approximate surface area is 115 Å². The molecule has 110 valence electrons. The second-order valence-electron chi connectivity index (χ2n) is 5.14. The molecule has 0 aromatic carbocycles. The fourth-order valence-electron chi connectivity index (χ4n) is 2.29. The maximum absolute atomic E-state index is 11.2. The summed E-state index contributed by atoms with van der Waals surface area (Å²) in [4.78, 5) is 0. The summed E-state index contributed by atoms with van der Waals surface area (Å²) in [6, 6.07) is 0.233. The van der Waals surface area contributed by atoms with Gasteiger partial charge in [-0.3, -0.25) is 0 Å². The number of sulfonamides is 1. The predicted octanol–water partition coefficient (Wildman–Crippen LogP) is 0.459. The average molecular weight is 289 g/mol. The van der Waals surface area contributed by atoms with E-state index in [4.69, 9.17) is 15.3 Å². The van der Waals surface area contributed by atoms with Crippen molar-refractivity contribution in [1.82, 2.24) is 5.32 Å². The fraction of sp³-hybridized carbons (Fsp3) is 0.750. The lowest BCUT2D eigenvalue weighted by atomic mass is 9.88. The van der Waals surface area contributed by atoms with Crippen LogP contribution in [-0.4, -0.2) is 40.1 Å². The maximum atomic E-state index is 11.2. The first kappa shape index (κ1) is 16.1. The highest BCUT2D eigenvalue weighted by molar-refractivity contribution is 7.89. The van der Waals surface area contributed by atoms with Crippen LogP contribution in [-0.2, 0) is 14.8 Å². The number of allylic oxidation sites excluding steroid dienone is 1. The summed E-state index contributed by atoms with van der Waals surface area (Å²) in [6.07, 6.45) is 1.98. The zero-order chi connectivity index (χ0) is 14.6. The fourth-order valence-corrected chi connectivity index (χ4v) is 2.95. The molecule has 0 aliphatic carbocycles. The minimum absolute atomic E-state index is 0.0664. The van der Waals surface area contributed by atoms with Crippen LogP contribution in [0.25, 0.3) is 0 Å². The van der Waals surface area contributed by atoms with Crippen LogP contribution >= 0.6 is 0 Å². The Kier molecular flexibility index (Phi) is 5.51. The standard InChI is InChI=1S/C12H23N3O3S/c1-8-4-11(15-3)6-18-12(9(8)2)10(5-13)7-19(14,16)17/h5,8-9,11,13,15H,4,6-7H2,1-3H3,(H2,14,16,17)/b12-10-,13-5?/t8?,9?,11-/m0/s1. The molecule has 2 unspecified atom stereocenters. The lowest BCUT2D eigenvalue weighted by Gasteiger charge is -2.20. The van der Waals surface area contributed by atoms with E-state index in [2.05, 4.69) is 12.2 Å². The van der Waals surface area contributed by atoms with Gasteiger partial charge in [0.2, 0.25) is 10.0 Å². The van der Waals surface area contributed by atoms with E-state index in [-0.39, 0.29) is 17.7 Å². The van der Waals surface area contributed by atoms with Gasteiger partial charge in [0.1, 0.15) is 12.4 Å². The monoisotopic (exact) mass is 289 g/mol. The van der Waals surface area contributed by atoms with Crippen molar-refractivity contribution in [3.05, 3.63) is 11.3 Å². The van der Waals surface area contributed by atoms with E-state index < -0.39 is 10.0 Å². The minimum Gasteiger partial charge on any atom is -0.496 e. The number of hydrogen-bond donors (Lipinski definition) is 3. The molecule has 1 heterocycles. The third kappa shape index (κ3) is 4.59. The molecule has 7 heteroatoms. The van der Waals surface area contributed by atoms with Crippen LogP contribution in [0.15, 0.2) is 11.3 Å². The maximum Gasteiger partial charge on any atom is 0.213 e. The van der Waals surface area contributed by atoms with Crippen LogP contribution in [0, 0.1) is 17.2 Å². The van der Waals surface area contributed by atoms with E-state index in [0.717, 1.165) is 12.6 Å². The zero-order valence-electron chi connectivity index (χ0n) is 11.6. The molecule has 1 fully saturated rings. The smallest absolute Gasteiger partial charge is 0.213 e. The highest BCUT2D eigenvalue weighted by Crippen LogP contribution is 2.30. The third-order valence-electron chi connectivity index (χ3n) is 3.62. The largest absolute Gasteiger partial charge is 0.496 e. The number of primary sulfonamides is 1. The van der Waals surface area contributed by atoms with E-state index in [1.54, 1.807) is 0 Å². The van der Waals surface area contributed by atoms with Crippen molar-refractivity contribution in [2.75, 3.05) is 19.4 Å². The summed E-state index contributed by atoms with van der Waals surface area (Å²) >= 11 is 0. The molecule has 19 heavy (non-hydrogen) atoms. The molecule has 0 saturated carbocycles. The molecule has 0 spiro atoms. The molecule has 0 amide bonds. The van der Waals surface area contributed by atoms with Gasteiger partial charge in [0.05, 0.1) is 5.75 Å². The van der Waals surface area contributed by atoms with Crippen molar-refractivity contribution in [2.45, 2.75) is 26.3 Å². The molecule has 4 N–H and O–H groups in total. The van der Waals surface area contributed by atoms with Gasteiger partial charge in [-0.1, -0.05) is 13.8 Å². The molecule has 1 aliphatic rings. The van der Waals surface area contributed by atoms with Gasteiger partial charge < -0.3 is 15.5 Å². The van der Waals surface area contributed by atoms with Gasteiger partial charge in [-0.15, -0.1) is 0 Å². The van der Waals surface area contributed by atoms with Gasteiger partial charge in [-0.2, -0.15) is 0 Å². The van der Waals surface area contributed by atoms with Crippen molar-refractivity contribution >= 4 is 16.2 Å². The molecule has 0 aromatic heterocycles. The quantitative estimate of drug-likeness (QED) is 0.654. The van der Waals surface area contributed by atoms with Crippen molar-refractivity contribution in [1.29, 1.82) is 5.41 Å². The summed E-state index contributed by atoms with van der Waals surface area (Å²) in [6.45, 7) is 4.56. The van der Waals surface area contributed by atoms with Crippen LogP contribution in [0.4, 0.5) is 0 Å². The second-order valence-corrected chi connectivity index (χ2v) is 6.75. The predicted molar refractivity (Wildman–Crippen MR) is 75.5 cm³/mol. The summed E-state index contributed by atoms with van der Waals surface area (Å²) < 4.78 is 28.2. The number of nitrogens with two attached hydrogens (primary N) is 1. The van der Waals surface area contributed by atoms with E-state index in [1.165, 1.54) is 0 Å². The first-order valence-corrected chi connectivity index (χ1v) is 8.04. The van der Waals surface area contributed by atoms with Gasteiger partial charge in [-0.25, -0.2) is 13.6 Å². The van der Waals surface area contributed by atoms with E-state index in [1.807, 2.05) is 14.0 Å². The molecular formula is C12H23N3O3S. The number of ether oxygens (including phenoxy) is 1. The van der Waals surface area contributed by atoms with Gasteiger partial charge in [0.25, 0.3) is 0 Å². The molecular weight excluding hydrogens is 266 g/mol. The minimum atomic E-state index is -3.66. The van der Waals surface area contributed by atoms with Crippen LogP contribution in [0.1, 0.15) is 20.3 Å². The number of hydrogen-bond acceptors (Lipinski definition) is 5. The van der Waals surface area contributed by atoms with Gasteiger partial charge in [0, 0.05) is 23.7 Å². The lowest BCUT2D eigenvalue weighted by molar-refractivity contribution is 0.174. The third-order valence-corrected chi connectivity index (χ3v) is 4.33. The van der Waals surface area contributed by atoms with Crippen LogP contribution < -0.4 is 10.5 Å². The van der Waals surface area contributed by atoms with Crippen LogP contribution in [0.5, 0.6) is 0 Å². The molecule has 1 rings (SSSR count). The highest BCUT2D eigenvalue weighted by atomic mass is 32.2. The first-order valence-electron chi connectivity index (χ1n) is 6.32. The summed E-state index contributed by atoms with van der Waals surface area (Å²) in [7, 11) is -1.78. The van der Waals surface area contributed by atoms with Gasteiger partial charge in [0.15, 0.2) is 0 Å². The molecule has 0 bridgehead atoms. The Morgan fingerprint density at radius 3 is 2.68 bits per heavy atom. The van der Waals surface area contributed by atoms with Crippen molar-refractivity contribution in [2.24, 2.45) is 17.0 Å². The Hall–Kier alpha value is -0.920. The number of nitrogens with one attached hydrogen (secondary N) is 2.